The van der Waals surface area contributed by atoms with Crippen LogP contribution in [0.15, 0.2) is 24.3 Å². The van der Waals surface area contributed by atoms with Crippen LogP contribution in [0.4, 0.5) is 0 Å². The van der Waals surface area contributed by atoms with E-state index < -0.39 is 0 Å². The molecule has 0 aromatic heterocycles. The zero-order chi connectivity index (χ0) is 12.7. The van der Waals surface area contributed by atoms with Crippen LogP contribution in [0, 0.1) is 0 Å². The molecule has 0 atom stereocenters. The molecule has 0 aliphatic carbocycles. The van der Waals surface area contributed by atoms with Crippen molar-refractivity contribution in [2.75, 3.05) is 20.1 Å². The lowest BCUT2D eigenvalue weighted by molar-refractivity contribution is 0.255. The topological polar surface area (TPSA) is 3.24 Å². The Labute approximate surface area is 107 Å². The highest BCUT2D eigenvalue weighted by atomic mass is 15.1. The summed E-state index contributed by atoms with van der Waals surface area (Å²) in [5.41, 5.74) is 2.99. The van der Waals surface area contributed by atoms with Gasteiger partial charge in [0.1, 0.15) is 0 Å². The first kappa shape index (κ1) is 14.2. The molecule has 0 spiro atoms. The Morgan fingerprint density at radius 3 is 2.06 bits per heavy atom. The summed E-state index contributed by atoms with van der Waals surface area (Å²) in [6.07, 6.45) is 3.79. The van der Waals surface area contributed by atoms with Crippen LogP contribution in [0.2, 0.25) is 0 Å². The Hall–Kier alpha value is -0.820. The summed E-state index contributed by atoms with van der Waals surface area (Å²) in [5.74, 6) is 0.798. The third-order valence-corrected chi connectivity index (χ3v) is 3.58. The minimum atomic E-state index is 0.798. The molecule has 0 bridgehead atoms. The van der Waals surface area contributed by atoms with Gasteiger partial charge in [-0.1, -0.05) is 45.0 Å². The lowest BCUT2D eigenvalue weighted by Gasteiger charge is -2.29. The van der Waals surface area contributed by atoms with Crippen molar-refractivity contribution in [3.05, 3.63) is 35.4 Å². The number of rotatable bonds is 2. The summed E-state index contributed by atoms with van der Waals surface area (Å²) in [6, 6.07) is 9.23. The van der Waals surface area contributed by atoms with Gasteiger partial charge >= 0.3 is 0 Å². The van der Waals surface area contributed by atoms with Gasteiger partial charge in [-0.3, -0.25) is 0 Å². The fraction of sp³-hybridized carbons (Fsp3) is 0.625. The Kier molecular flexibility index (Phi) is 6.28. The monoisotopic (exact) mass is 233 g/mol. The standard InChI is InChI=1S/C14H21N.C2H6/c1-3-12-4-6-13(7-5-12)14-8-10-15(2)11-9-14;1-2/h4-7,14H,3,8-11H2,1-2H3;1-2H3. The number of hydrogen-bond donors (Lipinski definition) is 0. The predicted octanol–water partition coefficient (Wildman–Crippen LogP) is 4.08. The van der Waals surface area contributed by atoms with Gasteiger partial charge in [-0.25, -0.2) is 0 Å². The van der Waals surface area contributed by atoms with E-state index in [1.165, 1.54) is 31.5 Å². The summed E-state index contributed by atoms with van der Waals surface area (Å²) in [4.78, 5) is 2.43. The molecule has 1 aliphatic rings. The molecule has 1 aromatic rings. The first-order valence-corrected chi connectivity index (χ1v) is 7.07. The molecule has 1 nitrogen and oxygen atoms in total. The van der Waals surface area contributed by atoms with Crippen molar-refractivity contribution in [2.45, 2.75) is 46.0 Å². The van der Waals surface area contributed by atoms with Crippen molar-refractivity contribution in [3.8, 4) is 0 Å². The van der Waals surface area contributed by atoms with Crippen LogP contribution in [0.25, 0.3) is 0 Å². The third-order valence-electron chi connectivity index (χ3n) is 3.58. The molecule has 1 heteroatoms. The highest BCUT2D eigenvalue weighted by Crippen LogP contribution is 2.27. The van der Waals surface area contributed by atoms with Gasteiger partial charge < -0.3 is 4.90 Å². The summed E-state index contributed by atoms with van der Waals surface area (Å²) >= 11 is 0. The molecule has 17 heavy (non-hydrogen) atoms. The zero-order valence-corrected chi connectivity index (χ0v) is 11.9. The number of piperidine rings is 1. The van der Waals surface area contributed by atoms with E-state index in [2.05, 4.69) is 43.1 Å². The van der Waals surface area contributed by atoms with Gasteiger partial charge in [-0.2, -0.15) is 0 Å². The van der Waals surface area contributed by atoms with Crippen molar-refractivity contribution in [1.82, 2.24) is 4.90 Å². The molecule has 0 N–H and O–H groups in total. The molecule has 1 fully saturated rings. The second-order valence-electron chi connectivity index (χ2n) is 4.67. The molecule has 0 saturated carbocycles. The normalized spacial score (nSPS) is 17.4. The van der Waals surface area contributed by atoms with Gasteiger partial charge in [-0.05, 0) is 56.4 Å². The average molecular weight is 233 g/mol. The Bertz CT molecular complexity index is 294. The second-order valence-corrected chi connectivity index (χ2v) is 4.67. The minimum Gasteiger partial charge on any atom is -0.306 e. The molecule has 96 valence electrons. The van der Waals surface area contributed by atoms with Crippen LogP contribution in [0.5, 0.6) is 0 Å². The molecule has 2 rings (SSSR count). The van der Waals surface area contributed by atoms with Gasteiger partial charge in [0.25, 0.3) is 0 Å². The predicted molar refractivity (Wildman–Crippen MR) is 76.6 cm³/mol. The fourth-order valence-corrected chi connectivity index (χ4v) is 2.37. The number of hydrogen-bond acceptors (Lipinski definition) is 1. The second kappa shape index (κ2) is 7.50. The molecular formula is C16H27N. The van der Waals surface area contributed by atoms with Crippen molar-refractivity contribution < 1.29 is 0 Å². The highest BCUT2D eigenvalue weighted by Gasteiger charge is 2.17. The SMILES string of the molecule is CC.CCc1ccc(C2CCN(C)CC2)cc1. The van der Waals surface area contributed by atoms with E-state index in [0.717, 1.165) is 12.3 Å². The zero-order valence-electron chi connectivity index (χ0n) is 11.9. The first-order valence-electron chi connectivity index (χ1n) is 7.07. The molecule has 0 radical (unpaired) electrons. The van der Waals surface area contributed by atoms with Crippen LogP contribution in [0.3, 0.4) is 0 Å². The van der Waals surface area contributed by atoms with Crippen LogP contribution in [-0.4, -0.2) is 25.0 Å². The molecule has 1 heterocycles. The quantitative estimate of drug-likeness (QED) is 0.744. The Balaban J connectivity index is 0.000000686. The number of benzene rings is 1. The third kappa shape index (κ3) is 4.16. The van der Waals surface area contributed by atoms with Crippen molar-refractivity contribution >= 4 is 0 Å². The fourth-order valence-electron chi connectivity index (χ4n) is 2.37. The summed E-state index contributed by atoms with van der Waals surface area (Å²) in [6.45, 7) is 8.71. The van der Waals surface area contributed by atoms with E-state index in [4.69, 9.17) is 0 Å². The van der Waals surface area contributed by atoms with E-state index in [1.54, 1.807) is 5.56 Å². The minimum absolute atomic E-state index is 0.798. The summed E-state index contributed by atoms with van der Waals surface area (Å²) in [5, 5.41) is 0. The number of nitrogens with zero attached hydrogens (tertiary/aromatic N) is 1. The van der Waals surface area contributed by atoms with Crippen molar-refractivity contribution in [1.29, 1.82) is 0 Å². The van der Waals surface area contributed by atoms with Crippen LogP contribution in [0.1, 0.15) is 50.7 Å². The molecule has 0 unspecified atom stereocenters. The largest absolute Gasteiger partial charge is 0.306 e. The van der Waals surface area contributed by atoms with Gasteiger partial charge in [0.05, 0.1) is 0 Å². The number of likely N-dealkylation sites (tertiary alicyclic amines) is 1. The van der Waals surface area contributed by atoms with E-state index in [-0.39, 0.29) is 0 Å². The van der Waals surface area contributed by atoms with Crippen LogP contribution < -0.4 is 0 Å². The summed E-state index contributed by atoms with van der Waals surface area (Å²) < 4.78 is 0. The van der Waals surface area contributed by atoms with E-state index in [1.807, 2.05) is 13.8 Å². The molecule has 1 aliphatic heterocycles. The van der Waals surface area contributed by atoms with Gasteiger partial charge in [0.15, 0.2) is 0 Å². The molecule has 0 amide bonds. The van der Waals surface area contributed by atoms with Crippen molar-refractivity contribution in [3.63, 3.8) is 0 Å². The smallest absolute Gasteiger partial charge is 0.00159 e. The maximum absolute atomic E-state index is 2.43. The first-order chi connectivity index (χ1) is 8.29. The van der Waals surface area contributed by atoms with Crippen LogP contribution >= 0.6 is 0 Å². The maximum atomic E-state index is 2.43. The lowest BCUT2D eigenvalue weighted by atomic mass is 9.89. The molecule has 1 aromatic carbocycles. The molecular weight excluding hydrogens is 206 g/mol. The Morgan fingerprint density at radius 1 is 1.06 bits per heavy atom. The van der Waals surface area contributed by atoms with E-state index in [9.17, 15) is 0 Å². The van der Waals surface area contributed by atoms with E-state index >= 15 is 0 Å². The maximum Gasteiger partial charge on any atom is -0.00159 e. The van der Waals surface area contributed by atoms with E-state index in [0.29, 0.717) is 0 Å². The van der Waals surface area contributed by atoms with Crippen LogP contribution in [-0.2, 0) is 6.42 Å². The average Bonchev–Trinajstić information content (AvgIpc) is 2.42. The number of aryl methyl sites for hydroxylation is 1. The van der Waals surface area contributed by atoms with Gasteiger partial charge in [-0.15, -0.1) is 0 Å². The highest BCUT2D eigenvalue weighted by molar-refractivity contribution is 5.25. The molecule has 1 saturated heterocycles. The van der Waals surface area contributed by atoms with Gasteiger partial charge in [0.2, 0.25) is 0 Å². The Morgan fingerprint density at radius 2 is 1.59 bits per heavy atom. The summed E-state index contributed by atoms with van der Waals surface area (Å²) in [7, 11) is 2.22. The van der Waals surface area contributed by atoms with Gasteiger partial charge in [0, 0.05) is 0 Å². The van der Waals surface area contributed by atoms with Crippen molar-refractivity contribution in [2.24, 2.45) is 0 Å². The lowest BCUT2D eigenvalue weighted by Crippen LogP contribution is -2.29.